The molecule has 3 aromatic rings. The van der Waals surface area contributed by atoms with Gasteiger partial charge in [0.1, 0.15) is 17.2 Å². The zero-order valence-electron chi connectivity index (χ0n) is 13.2. The molecule has 2 amide bonds. The number of benzene rings is 1. The summed E-state index contributed by atoms with van der Waals surface area (Å²) >= 11 is 3.24. The summed E-state index contributed by atoms with van der Waals surface area (Å²) < 4.78 is 6.50. The molecule has 0 bridgehead atoms. The summed E-state index contributed by atoms with van der Waals surface area (Å²) in [4.78, 5) is 26.4. The monoisotopic (exact) mass is 401 g/mol. The zero-order chi connectivity index (χ0) is 17.6. The van der Waals surface area contributed by atoms with Crippen LogP contribution < -0.4 is 10.9 Å². The SMILES string of the molecule is O=C(CCc1ccc(-c2ccccc2)o1)NNC(=O)c1cc(Br)c[nH]1. The number of aryl methyl sites for hydroxylation is 1. The Bertz CT molecular complexity index is 871. The molecule has 3 rings (SSSR count). The number of rotatable bonds is 5. The lowest BCUT2D eigenvalue weighted by Gasteiger charge is -2.05. The molecule has 0 radical (unpaired) electrons. The summed E-state index contributed by atoms with van der Waals surface area (Å²) in [7, 11) is 0. The van der Waals surface area contributed by atoms with Crippen LogP contribution in [0.1, 0.15) is 22.7 Å². The molecule has 7 heteroatoms. The van der Waals surface area contributed by atoms with Gasteiger partial charge in [-0.05, 0) is 34.1 Å². The number of halogens is 1. The van der Waals surface area contributed by atoms with Crippen molar-refractivity contribution in [2.45, 2.75) is 12.8 Å². The molecule has 2 aromatic heterocycles. The maximum Gasteiger partial charge on any atom is 0.286 e. The molecule has 0 unspecified atom stereocenters. The second-order valence-corrected chi connectivity index (χ2v) is 6.28. The number of hydrazine groups is 1. The molecule has 1 aromatic carbocycles. The topological polar surface area (TPSA) is 87.1 Å². The van der Waals surface area contributed by atoms with E-state index in [4.69, 9.17) is 4.42 Å². The van der Waals surface area contributed by atoms with Crippen LogP contribution in [0.5, 0.6) is 0 Å². The van der Waals surface area contributed by atoms with Crippen molar-refractivity contribution in [3.63, 3.8) is 0 Å². The molecule has 6 nitrogen and oxygen atoms in total. The van der Waals surface area contributed by atoms with Crippen LogP contribution >= 0.6 is 15.9 Å². The van der Waals surface area contributed by atoms with E-state index in [-0.39, 0.29) is 12.3 Å². The summed E-state index contributed by atoms with van der Waals surface area (Å²) in [5.41, 5.74) is 6.08. The molecule has 3 N–H and O–H groups in total. The number of carbonyl (C=O) groups excluding carboxylic acids is 2. The van der Waals surface area contributed by atoms with Crippen LogP contribution in [0, 0.1) is 0 Å². The standard InChI is InChI=1S/C18H16BrN3O3/c19-13-10-15(20-11-13)18(24)22-21-17(23)9-7-14-6-8-16(25-14)12-4-2-1-3-5-12/h1-6,8,10-11,20H,7,9H2,(H,21,23)(H,22,24). The number of aromatic nitrogens is 1. The van der Waals surface area contributed by atoms with Gasteiger partial charge in [-0.25, -0.2) is 0 Å². The van der Waals surface area contributed by atoms with Gasteiger partial charge in [0, 0.05) is 29.1 Å². The third kappa shape index (κ3) is 4.60. The first-order chi connectivity index (χ1) is 12.1. The van der Waals surface area contributed by atoms with Gasteiger partial charge in [0.15, 0.2) is 0 Å². The summed E-state index contributed by atoms with van der Waals surface area (Å²) in [6.07, 6.45) is 2.29. The Morgan fingerprint density at radius 1 is 1.08 bits per heavy atom. The van der Waals surface area contributed by atoms with E-state index in [1.54, 1.807) is 12.3 Å². The van der Waals surface area contributed by atoms with Crippen molar-refractivity contribution in [3.05, 3.63) is 70.7 Å². The van der Waals surface area contributed by atoms with Gasteiger partial charge in [-0.15, -0.1) is 0 Å². The van der Waals surface area contributed by atoms with Gasteiger partial charge < -0.3 is 9.40 Å². The minimum absolute atomic E-state index is 0.205. The molecule has 0 saturated heterocycles. The van der Waals surface area contributed by atoms with E-state index in [9.17, 15) is 9.59 Å². The van der Waals surface area contributed by atoms with Gasteiger partial charge in [0.05, 0.1) is 0 Å². The zero-order valence-corrected chi connectivity index (χ0v) is 14.8. The van der Waals surface area contributed by atoms with Crippen molar-refractivity contribution in [2.75, 3.05) is 0 Å². The highest BCUT2D eigenvalue weighted by atomic mass is 79.9. The fourth-order valence-corrected chi connectivity index (χ4v) is 2.61. The summed E-state index contributed by atoms with van der Waals surface area (Å²) in [5, 5.41) is 0. The van der Waals surface area contributed by atoms with E-state index in [0.29, 0.717) is 17.9 Å². The second-order valence-electron chi connectivity index (χ2n) is 5.37. The lowest BCUT2D eigenvalue weighted by molar-refractivity contribution is -0.121. The third-order valence-corrected chi connectivity index (χ3v) is 3.98. The highest BCUT2D eigenvalue weighted by Crippen LogP contribution is 2.22. The van der Waals surface area contributed by atoms with Crippen molar-refractivity contribution < 1.29 is 14.0 Å². The number of hydrogen-bond donors (Lipinski definition) is 3. The van der Waals surface area contributed by atoms with Crippen LogP contribution in [-0.2, 0) is 11.2 Å². The smallest absolute Gasteiger partial charge is 0.286 e. The molecule has 0 spiro atoms. The largest absolute Gasteiger partial charge is 0.461 e. The Hall–Kier alpha value is -2.80. The van der Waals surface area contributed by atoms with Gasteiger partial charge in [-0.2, -0.15) is 0 Å². The Labute approximate surface area is 152 Å². The van der Waals surface area contributed by atoms with Crippen molar-refractivity contribution in [1.82, 2.24) is 15.8 Å². The first kappa shape index (κ1) is 17.0. The molecular formula is C18H16BrN3O3. The fraction of sp³-hybridized carbons (Fsp3) is 0.111. The number of carbonyl (C=O) groups is 2. The Morgan fingerprint density at radius 2 is 1.88 bits per heavy atom. The predicted octanol–water partition coefficient (Wildman–Crippen LogP) is 3.43. The van der Waals surface area contributed by atoms with Crippen molar-refractivity contribution in [2.24, 2.45) is 0 Å². The maximum absolute atomic E-state index is 11.8. The number of nitrogens with one attached hydrogen (secondary N) is 3. The van der Waals surface area contributed by atoms with E-state index < -0.39 is 5.91 Å². The van der Waals surface area contributed by atoms with Gasteiger partial charge >= 0.3 is 0 Å². The van der Waals surface area contributed by atoms with E-state index in [1.165, 1.54) is 0 Å². The first-order valence-electron chi connectivity index (χ1n) is 7.69. The average molecular weight is 402 g/mol. The number of furan rings is 1. The minimum atomic E-state index is -0.414. The predicted molar refractivity (Wildman–Crippen MR) is 96.6 cm³/mol. The fourth-order valence-electron chi connectivity index (χ4n) is 2.26. The maximum atomic E-state index is 11.8. The molecule has 0 aliphatic carbocycles. The molecule has 0 aliphatic heterocycles. The van der Waals surface area contributed by atoms with E-state index in [2.05, 4.69) is 31.8 Å². The summed E-state index contributed by atoms with van der Waals surface area (Å²) in [6.45, 7) is 0. The van der Waals surface area contributed by atoms with Crippen LogP contribution in [0.2, 0.25) is 0 Å². The number of hydrogen-bond acceptors (Lipinski definition) is 3. The lowest BCUT2D eigenvalue weighted by atomic mass is 10.2. The molecule has 0 saturated carbocycles. The molecule has 0 aliphatic rings. The molecule has 0 fully saturated rings. The molecular weight excluding hydrogens is 386 g/mol. The number of H-pyrrole nitrogens is 1. The van der Waals surface area contributed by atoms with Gasteiger partial charge in [0.25, 0.3) is 5.91 Å². The Kier molecular flexibility index (Phi) is 5.35. The van der Waals surface area contributed by atoms with Crippen molar-refractivity contribution in [3.8, 4) is 11.3 Å². The summed E-state index contributed by atoms with van der Waals surface area (Å²) in [5.74, 6) is 0.773. The van der Waals surface area contributed by atoms with Gasteiger partial charge in [-0.1, -0.05) is 30.3 Å². The van der Waals surface area contributed by atoms with Crippen LogP contribution in [0.3, 0.4) is 0 Å². The Morgan fingerprint density at radius 3 is 2.60 bits per heavy atom. The highest BCUT2D eigenvalue weighted by molar-refractivity contribution is 9.10. The van der Waals surface area contributed by atoms with E-state index in [0.717, 1.165) is 15.8 Å². The van der Waals surface area contributed by atoms with Gasteiger partial charge in [-0.3, -0.25) is 20.4 Å². The quantitative estimate of drug-likeness (QED) is 0.572. The van der Waals surface area contributed by atoms with Crippen molar-refractivity contribution in [1.29, 1.82) is 0 Å². The molecule has 0 atom stereocenters. The molecule has 25 heavy (non-hydrogen) atoms. The van der Waals surface area contributed by atoms with E-state index in [1.807, 2.05) is 42.5 Å². The number of amides is 2. The second kappa shape index (κ2) is 7.85. The van der Waals surface area contributed by atoms with Crippen LogP contribution in [-0.4, -0.2) is 16.8 Å². The number of aromatic amines is 1. The Balaban J connectivity index is 1.46. The first-order valence-corrected chi connectivity index (χ1v) is 8.48. The molecule has 2 heterocycles. The van der Waals surface area contributed by atoms with E-state index >= 15 is 0 Å². The van der Waals surface area contributed by atoms with Crippen LogP contribution in [0.25, 0.3) is 11.3 Å². The lowest BCUT2D eigenvalue weighted by Crippen LogP contribution is -2.41. The normalized spacial score (nSPS) is 10.4. The van der Waals surface area contributed by atoms with Gasteiger partial charge in [0.2, 0.25) is 5.91 Å². The summed E-state index contributed by atoms with van der Waals surface area (Å²) in [6, 6.07) is 15.1. The average Bonchev–Trinajstić information content (AvgIpc) is 3.28. The highest BCUT2D eigenvalue weighted by Gasteiger charge is 2.10. The van der Waals surface area contributed by atoms with Crippen LogP contribution in [0.4, 0.5) is 0 Å². The van der Waals surface area contributed by atoms with Crippen LogP contribution in [0.15, 0.2) is 63.6 Å². The van der Waals surface area contributed by atoms with Crippen molar-refractivity contribution >= 4 is 27.7 Å². The minimum Gasteiger partial charge on any atom is -0.461 e. The third-order valence-electron chi connectivity index (χ3n) is 3.53. The molecule has 128 valence electrons.